The van der Waals surface area contributed by atoms with Crippen LogP contribution in [0, 0.1) is 5.92 Å². The minimum Gasteiger partial charge on any atom is -0.478 e. The van der Waals surface area contributed by atoms with Crippen molar-refractivity contribution in [1.82, 2.24) is 10.3 Å². The van der Waals surface area contributed by atoms with Gasteiger partial charge in [-0.3, -0.25) is 4.79 Å². The number of nitrogens with zero attached hydrogens (tertiary/aromatic N) is 1. The number of carboxylic acids is 1. The van der Waals surface area contributed by atoms with Crippen LogP contribution in [0.15, 0.2) is 126 Å². The normalized spacial score (nSPS) is 15.9. The summed E-state index contributed by atoms with van der Waals surface area (Å²) < 4.78 is 6.59. The average Bonchev–Trinajstić information content (AvgIpc) is 3.53. The number of carboxylic acid groups (broad SMARTS) is 1. The van der Waals surface area contributed by atoms with E-state index >= 15 is 0 Å². The van der Waals surface area contributed by atoms with E-state index in [0.29, 0.717) is 12.1 Å². The van der Waals surface area contributed by atoms with E-state index in [1.807, 2.05) is 66.7 Å². The predicted octanol–water partition coefficient (Wildman–Crippen LogP) is 8.36. The van der Waals surface area contributed by atoms with Gasteiger partial charge < -0.3 is 14.8 Å². The maximum absolute atomic E-state index is 13.0. The predicted molar refractivity (Wildman–Crippen MR) is 176 cm³/mol. The van der Waals surface area contributed by atoms with Gasteiger partial charge in [-0.05, 0) is 73.4 Å². The van der Waals surface area contributed by atoms with E-state index in [1.54, 1.807) is 12.1 Å². The number of hydrogen-bond acceptors (Lipinski definition) is 4. The van der Waals surface area contributed by atoms with Gasteiger partial charge in [0.2, 0.25) is 0 Å². The third-order valence-corrected chi connectivity index (χ3v) is 8.38. The van der Waals surface area contributed by atoms with Crippen molar-refractivity contribution in [3.05, 3.63) is 149 Å². The van der Waals surface area contributed by atoms with Crippen molar-refractivity contribution in [2.24, 2.45) is 5.92 Å². The van der Waals surface area contributed by atoms with Crippen LogP contribution in [-0.4, -0.2) is 28.5 Å². The maximum atomic E-state index is 13.0. The molecule has 1 aromatic heterocycles. The molecule has 2 N–H and O–H groups in total. The molecule has 2 atom stereocenters. The number of benzene rings is 4. The standard InChI is InChI=1S/C39H36N2O4/c42-37(40-24-10-12-27-20-22-31(23-21-27)39(43)44)33-18-9-11-28(26-33)25-32-17-7-8-19-34(32)38-41-35(29-13-3-1-4-14-29)36(45-38)30-15-5-2-6-16-30/h1-7,9,11,13-18,20-23,26,32,34H,8,10,12,19,24-25H2,(H,40,42)(H,43,44). The van der Waals surface area contributed by atoms with Gasteiger partial charge in [0.05, 0.1) is 5.56 Å². The molecule has 6 rings (SSSR count). The van der Waals surface area contributed by atoms with Crippen LogP contribution in [0.25, 0.3) is 22.6 Å². The molecule has 5 aromatic rings. The highest BCUT2D eigenvalue weighted by Crippen LogP contribution is 2.41. The maximum Gasteiger partial charge on any atom is 0.335 e. The number of oxazole rings is 1. The summed E-state index contributed by atoms with van der Waals surface area (Å²) in [5.41, 5.74) is 5.96. The van der Waals surface area contributed by atoms with Gasteiger partial charge in [0, 0.05) is 29.2 Å². The molecule has 0 saturated heterocycles. The Morgan fingerprint density at radius 1 is 0.822 bits per heavy atom. The number of rotatable bonds is 11. The Balaban J connectivity index is 1.13. The molecule has 1 amide bonds. The van der Waals surface area contributed by atoms with Crippen LogP contribution in [0.4, 0.5) is 0 Å². The molecule has 2 unspecified atom stereocenters. The third-order valence-electron chi connectivity index (χ3n) is 8.38. The first kappa shape index (κ1) is 29.8. The van der Waals surface area contributed by atoms with Gasteiger partial charge in [-0.2, -0.15) is 0 Å². The lowest BCUT2D eigenvalue weighted by atomic mass is 9.80. The summed E-state index contributed by atoms with van der Waals surface area (Å²) in [5, 5.41) is 12.1. The van der Waals surface area contributed by atoms with Crippen LogP contribution >= 0.6 is 0 Å². The first-order valence-corrected chi connectivity index (χ1v) is 15.5. The molecule has 0 saturated carbocycles. The molecule has 0 spiro atoms. The van der Waals surface area contributed by atoms with Crippen molar-refractivity contribution in [3.8, 4) is 22.6 Å². The topological polar surface area (TPSA) is 92.4 Å². The van der Waals surface area contributed by atoms with Gasteiger partial charge in [0.1, 0.15) is 5.69 Å². The van der Waals surface area contributed by atoms with Gasteiger partial charge in [-0.15, -0.1) is 0 Å². The molecule has 1 aliphatic rings. The molecule has 0 fully saturated rings. The fourth-order valence-corrected chi connectivity index (χ4v) is 6.01. The van der Waals surface area contributed by atoms with Crippen molar-refractivity contribution in [2.75, 3.05) is 6.54 Å². The van der Waals surface area contributed by atoms with Crippen LogP contribution in [-0.2, 0) is 12.8 Å². The van der Waals surface area contributed by atoms with E-state index in [4.69, 9.17) is 14.5 Å². The van der Waals surface area contributed by atoms with E-state index in [0.717, 1.165) is 71.7 Å². The zero-order valence-electron chi connectivity index (χ0n) is 25.1. The Bertz CT molecular complexity index is 1720. The molecule has 4 aromatic carbocycles. The molecule has 0 aliphatic heterocycles. The van der Waals surface area contributed by atoms with Crippen LogP contribution < -0.4 is 5.32 Å². The fraction of sp³-hybridized carbons (Fsp3) is 0.205. The van der Waals surface area contributed by atoms with Crippen molar-refractivity contribution in [3.63, 3.8) is 0 Å². The summed E-state index contributed by atoms with van der Waals surface area (Å²) in [6.07, 6.45) is 8.73. The van der Waals surface area contributed by atoms with E-state index in [1.165, 1.54) is 0 Å². The molecular weight excluding hydrogens is 560 g/mol. The molecule has 1 heterocycles. The minimum atomic E-state index is -0.932. The highest BCUT2D eigenvalue weighted by Gasteiger charge is 2.30. The molecule has 0 bridgehead atoms. The lowest BCUT2D eigenvalue weighted by Crippen LogP contribution is -2.25. The van der Waals surface area contributed by atoms with Gasteiger partial charge in [0.15, 0.2) is 11.7 Å². The van der Waals surface area contributed by atoms with Crippen LogP contribution in [0.1, 0.15) is 62.9 Å². The molecule has 6 nitrogen and oxygen atoms in total. The number of allylic oxidation sites excluding steroid dienone is 2. The first-order chi connectivity index (χ1) is 22.0. The zero-order valence-corrected chi connectivity index (χ0v) is 25.1. The lowest BCUT2D eigenvalue weighted by molar-refractivity contribution is 0.0696. The van der Waals surface area contributed by atoms with Crippen molar-refractivity contribution < 1.29 is 19.1 Å². The number of aromatic carboxylic acids is 1. The summed E-state index contributed by atoms with van der Waals surface area (Å²) >= 11 is 0. The largest absolute Gasteiger partial charge is 0.478 e. The Morgan fingerprint density at radius 2 is 1.56 bits per heavy atom. The number of aryl methyl sites for hydroxylation is 1. The number of nitrogens with one attached hydrogen (secondary N) is 1. The SMILES string of the molecule is O=C(O)c1ccc(CCCNC(=O)c2cccc(CC3C=CCCC3c3nc(-c4ccccc4)c(-c4ccccc4)o3)c2)cc1. The van der Waals surface area contributed by atoms with E-state index < -0.39 is 5.97 Å². The second-order valence-corrected chi connectivity index (χ2v) is 11.5. The molecule has 45 heavy (non-hydrogen) atoms. The Morgan fingerprint density at radius 3 is 2.29 bits per heavy atom. The lowest BCUT2D eigenvalue weighted by Gasteiger charge is -2.25. The molecule has 6 heteroatoms. The Kier molecular flexibility index (Phi) is 9.30. The summed E-state index contributed by atoms with van der Waals surface area (Å²) in [7, 11) is 0. The highest BCUT2D eigenvalue weighted by atomic mass is 16.4. The van der Waals surface area contributed by atoms with Crippen molar-refractivity contribution in [1.29, 1.82) is 0 Å². The fourth-order valence-electron chi connectivity index (χ4n) is 6.01. The molecule has 0 radical (unpaired) electrons. The summed E-state index contributed by atoms with van der Waals surface area (Å²) in [6, 6.07) is 35.1. The third kappa shape index (κ3) is 7.29. The number of amides is 1. The quantitative estimate of drug-likeness (QED) is 0.118. The zero-order chi connectivity index (χ0) is 31.0. The van der Waals surface area contributed by atoms with Gasteiger partial charge in [-0.1, -0.05) is 97.1 Å². The van der Waals surface area contributed by atoms with E-state index in [-0.39, 0.29) is 23.3 Å². The van der Waals surface area contributed by atoms with Crippen LogP contribution in [0.3, 0.4) is 0 Å². The second-order valence-electron chi connectivity index (χ2n) is 11.5. The number of carbonyl (C=O) groups is 2. The van der Waals surface area contributed by atoms with Gasteiger partial charge >= 0.3 is 5.97 Å². The molecule has 226 valence electrons. The van der Waals surface area contributed by atoms with Crippen LogP contribution in [0.5, 0.6) is 0 Å². The second kappa shape index (κ2) is 14.0. The number of aromatic nitrogens is 1. The number of carbonyl (C=O) groups excluding carboxylic acids is 1. The van der Waals surface area contributed by atoms with E-state index in [2.05, 4.69) is 47.8 Å². The Hall–Kier alpha value is -5.23. The van der Waals surface area contributed by atoms with Crippen LogP contribution in [0.2, 0.25) is 0 Å². The summed E-state index contributed by atoms with van der Waals surface area (Å²) in [5.74, 6) is 0.835. The number of hydrogen-bond donors (Lipinski definition) is 2. The summed E-state index contributed by atoms with van der Waals surface area (Å²) in [4.78, 5) is 29.2. The van der Waals surface area contributed by atoms with Gasteiger partial charge in [0.25, 0.3) is 5.91 Å². The minimum absolute atomic E-state index is 0.0958. The van der Waals surface area contributed by atoms with Crippen molar-refractivity contribution >= 4 is 11.9 Å². The van der Waals surface area contributed by atoms with E-state index in [9.17, 15) is 9.59 Å². The smallest absolute Gasteiger partial charge is 0.335 e. The highest BCUT2D eigenvalue weighted by molar-refractivity contribution is 5.94. The monoisotopic (exact) mass is 596 g/mol. The molecule has 1 aliphatic carbocycles. The summed E-state index contributed by atoms with van der Waals surface area (Å²) in [6.45, 7) is 0.537. The molecular formula is C39H36N2O4. The van der Waals surface area contributed by atoms with Gasteiger partial charge in [-0.25, -0.2) is 9.78 Å². The first-order valence-electron chi connectivity index (χ1n) is 15.5. The Labute approximate surface area is 263 Å². The van der Waals surface area contributed by atoms with Crippen molar-refractivity contribution in [2.45, 2.75) is 38.0 Å². The average molecular weight is 597 g/mol.